The lowest BCUT2D eigenvalue weighted by Gasteiger charge is -2.36. The molecule has 7 heteroatoms. The second-order valence-corrected chi connectivity index (χ2v) is 7.94. The molecule has 0 amide bonds. The number of hydrogen-bond acceptors (Lipinski definition) is 4. The standard InChI is InChI=1S/C21H20Cl2FNO3/c1-21(28,13-6-8-25-9-7-13)14-10-16(20(23)27)18(17(24)11-14)19(26)12-2-4-15(22)5-3-12/h2-5,10-11,13,25,28H,6-9H2,1H3. The Morgan fingerprint density at radius 3 is 2.36 bits per heavy atom. The van der Waals surface area contributed by atoms with Gasteiger partial charge in [0.1, 0.15) is 5.82 Å². The van der Waals surface area contributed by atoms with Crippen LogP contribution >= 0.6 is 23.2 Å². The fraction of sp³-hybridized carbons (Fsp3) is 0.333. The smallest absolute Gasteiger partial charge is 0.253 e. The highest BCUT2D eigenvalue weighted by Crippen LogP contribution is 2.37. The summed E-state index contributed by atoms with van der Waals surface area (Å²) >= 11 is 11.5. The minimum atomic E-state index is -1.36. The quantitative estimate of drug-likeness (QED) is 0.555. The summed E-state index contributed by atoms with van der Waals surface area (Å²) in [6, 6.07) is 8.35. The van der Waals surface area contributed by atoms with Crippen molar-refractivity contribution in [2.45, 2.75) is 25.4 Å². The molecular formula is C21H20Cl2FNO3. The van der Waals surface area contributed by atoms with Gasteiger partial charge in [0.15, 0.2) is 5.78 Å². The first-order valence-electron chi connectivity index (χ1n) is 8.99. The number of carbonyl (C=O) groups is 2. The van der Waals surface area contributed by atoms with Crippen molar-refractivity contribution in [2.75, 3.05) is 13.1 Å². The van der Waals surface area contributed by atoms with E-state index < -0.39 is 28.0 Å². The van der Waals surface area contributed by atoms with E-state index in [1.165, 1.54) is 30.3 Å². The summed E-state index contributed by atoms with van der Waals surface area (Å²) < 4.78 is 15.0. The van der Waals surface area contributed by atoms with E-state index in [2.05, 4.69) is 5.32 Å². The first-order chi connectivity index (χ1) is 13.2. The Hall–Kier alpha value is -1.79. The third-order valence-electron chi connectivity index (χ3n) is 5.35. The monoisotopic (exact) mass is 423 g/mol. The molecule has 1 atom stereocenters. The van der Waals surface area contributed by atoms with Gasteiger partial charge in [-0.3, -0.25) is 9.59 Å². The first kappa shape index (κ1) is 20.9. The van der Waals surface area contributed by atoms with Gasteiger partial charge in [-0.05, 0) is 92.3 Å². The van der Waals surface area contributed by atoms with Crippen LogP contribution in [0.2, 0.25) is 5.02 Å². The van der Waals surface area contributed by atoms with Gasteiger partial charge in [-0.2, -0.15) is 0 Å². The number of carbonyl (C=O) groups excluding carboxylic acids is 2. The number of nitrogens with one attached hydrogen (secondary N) is 1. The van der Waals surface area contributed by atoms with Crippen LogP contribution in [0, 0.1) is 11.7 Å². The Morgan fingerprint density at radius 2 is 1.79 bits per heavy atom. The SMILES string of the molecule is CC(O)(c1cc(F)c(C(=O)c2ccc(Cl)cc2)c(C(=O)Cl)c1)C1CCNCC1. The predicted molar refractivity (Wildman–Crippen MR) is 107 cm³/mol. The lowest BCUT2D eigenvalue weighted by atomic mass is 9.77. The fourth-order valence-electron chi connectivity index (χ4n) is 3.65. The zero-order valence-corrected chi connectivity index (χ0v) is 16.8. The second kappa shape index (κ2) is 8.29. The Labute approximate surface area is 172 Å². The van der Waals surface area contributed by atoms with Crippen molar-refractivity contribution in [3.63, 3.8) is 0 Å². The fourth-order valence-corrected chi connectivity index (χ4v) is 3.93. The maximum absolute atomic E-state index is 15.0. The van der Waals surface area contributed by atoms with Gasteiger partial charge in [0.2, 0.25) is 0 Å². The number of hydrogen-bond donors (Lipinski definition) is 2. The second-order valence-electron chi connectivity index (χ2n) is 7.16. The third-order valence-corrected chi connectivity index (χ3v) is 5.81. The molecule has 1 saturated heterocycles. The van der Waals surface area contributed by atoms with Gasteiger partial charge in [0.05, 0.1) is 11.2 Å². The summed E-state index contributed by atoms with van der Waals surface area (Å²) in [6.07, 6.45) is 1.43. The number of aliphatic hydroxyl groups is 1. The van der Waals surface area contributed by atoms with Crippen LogP contribution in [0.25, 0.3) is 0 Å². The van der Waals surface area contributed by atoms with Crippen molar-refractivity contribution in [1.29, 1.82) is 0 Å². The van der Waals surface area contributed by atoms with Gasteiger partial charge < -0.3 is 10.4 Å². The summed E-state index contributed by atoms with van der Waals surface area (Å²) in [5.41, 5.74) is -1.61. The zero-order valence-electron chi connectivity index (χ0n) is 15.3. The van der Waals surface area contributed by atoms with Gasteiger partial charge in [-0.15, -0.1) is 0 Å². The number of piperidine rings is 1. The summed E-state index contributed by atoms with van der Waals surface area (Å²) in [7, 11) is 0. The third kappa shape index (κ3) is 4.13. The summed E-state index contributed by atoms with van der Waals surface area (Å²) in [5, 5.41) is 13.8. The molecule has 1 aliphatic heterocycles. The van der Waals surface area contributed by atoms with E-state index in [-0.39, 0.29) is 22.6 Å². The number of benzene rings is 2. The van der Waals surface area contributed by atoms with Gasteiger partial charge in [0, 0.05) is 16.1 Å². The molecule has 1 unspecified atom stereocenters. The molecule has 0 radical (unpaired) electrons. The molecular weight excluding hydrogens is 404 g/mol. The van der Waals surface area contributed by atoms with Crippen LogP contribution in [0.4, 0.5) is 4.39 Å². The maximum Gasteiger partial charge on any atom is 0.253 e. The lowest BCUT2D eigenvalue weighted by molar-refractivity contribution is -0.0189. The van der Waals surface area contributed by atoms with E-state index in [9.17, 15) is 14.7 Å². The molecule has 0 saturated carbocycles. The van der Waals surface area contributed by atoms with Crippen LogP contribution in [-0.4, -0.2) is 29.2 Å². The van der Waals surface area contributed by atoms with Crippen LogP contribution in [0.15, 0.2) is 36.4 Å². The first-order valence-corrected chi connectivity index (χ1v) is 9.74. The molecule has 1 fully saturated rings. The molecule has 4 nitrogen and oxygen atoms in total. The van der Waals surface area contributed by atoms with Gasteiger partial charge in [0.25, 0.3) is 5.24 Å². The van der Waals surface area contributed by atoms with E-state index in [0.717, 1.165) is 19.2 Å². The van der Waals surface area contributed by atoms with E-state index >= 15 is 4.39 Å². The van der Waals surface area contributed by atoms with Gasteiger partial charge in [-0.25, -0.2) is 4.39 Å². The average Bonchev–Trinajstić information content (AvgIpc) is 2.68. The molecule has 0 aliphatic carbocycles. The molecule has 3 rings (SSSR count). The molecule has 148 valence electrons. The Morgan fingerprint density at radius 1 is 1.18 bits per heavy atom. The lowest BCUT2D eigenvalue weighted by Crippen LogP contribution is -2.40. The average molecular weight is 424 g/mol. The summed E-state index contributed by atoms with van der Waals surface area (Å²) in [6.45, 7) is 3.09. The summed E-state index contributed by atoms with van der Waals surface area (Å²) in [5.74, 6) is -1.67. The van der Waals surface area contributed by atoms with Crippen molar-refractivity contribution < 1.29 is 19.1 Å². The predicted octanol–water partition coefficient (Wildman–Crippen LogP) is 4.30. The number of ketones is 1. The zero-order chi connectivity index (χ0) is 20.5. The molecule has 0 bridgehead atoms. The van der Waals surface area contributed by atoms with Crippen molar-refractivity contribution >= 4 is 34.2 Å². The molecule has 2 aromatic rings. The molecule has 2 N–H and O–H groups in total. The number of halogens is 3. The van der Waals surface area contributed by atoms with Crippen molar-refractivity contribution in [2.24, 2.45) is 5.92 Å². The van der Waals surface area contributed by atoms with Crippen molar-refractivity contribution in [3.05, 3.63) is 69.5 Å². The van der Waals surface area contributed by atoms with E-state index in [0.29, 0.717) is 17.9 Å². The largest absolute Gasteiger partial charge is 0.385 e. The van der Waals surface area contributed by atoms with Crippen LogP contribution in [0.5, 0.6) is 0 Å². The van der Waals surface area contributed by atoms with E-state index in [4.69, 9.17) is 23.2 Å². The van der Waals surface area contributed by atoms with Crippen molar-refractivity contribution in [3.8, 4) is 0 Å². The Balaban J connectivity index is 2.06. The summed E-state index contributed by atoms with van der Waals surface area (Å²) in [4.78, 5) is 24.8. The van der Waals surface area contributed by atoms with Gasteiger partial charge >= 0.3 is 0 Å². The van der Waals surface area contributed by atoms with Crippen LogP contribution in [0.3, 0.4) is 0 Å². The van der Waals surface area contributed by atoms with Crippen LogP contribution < -0.4 is 5.32 Å². The molecule has 2 aromatic carbocycles. The molecule has 1 heterocycles. The van der Waals surface area contributed by atoms with E-state index in [1.54, 1.807) is 6.92 Å². The van der Waals surface area contributed by atoms with Gasteiger partial charge in [-0.1, -0.05) is 11.6 Å². The molecule has 28 heavy (non-hydrogen) atoms. The Bertz CT molecular complexity index is 907. The minimum absolute atomic E-state index is 0.107. The molecule has 1 aliphatic rings. The molecule has 0 spiro atoms. The highest BCUT2D eigenvalue weighted by Gasteiger charge is 2.36. The molecule has 0 aromatic heterocycles. The normalized spacial score (nSPS) is 17.2. The van der Waals surface area contributed by atoms with Crippen molar-refractivity contribution in [1.82, 2.24) is 5.32 Å². The minimum Gasteiger partial charge on any atom is -0.385 e. The van der Waals surface area contributed by atoms with Crippen LogP contribution in [-0.2, 0) is 5.60 Å². The maximum atomic E-state index is 15.0. The highest BCUT2D eigenvalue weighted by atomic mass is 35.5. The topological polar surface area (TPSA) is 66.4 Å². The van der Waals surface area contributed by atoms with E-state index in [1.807, 2.05) is 0 Å². The number of rotatable bonds is 5. The highest BCUT2D eigenvalue weighted by molar-refractivity contribution is 6.68. The Kier molecular flexibility index (Phi) is 6.20. The van der Waals surface area contributed by atoms with Crippen LogP contribution in [0.1, 0.15) is 51.6 Å².